The van der Waals surface area contributed by atoms with Gasteiger partial charge in [-0.3, -0.25) is 30.1 Å². The number of hydrogen-bond acceptors (Lipinski definition) is 13. The van der Waals surface area contributed by atoms with Crippen molar-refractivity contribution >= 4 is 56.6 Å². The molecule has 296 valence electrons. The highest BCUT2D eigenvalue weighted by atomic mass is 32.2. The number of non-ortho nitro benzene ring substituents is 2. The Balaban J connectivity index is 1.52. The molecule has 0 atom stereocenters. The van der Waals surface area contributed by atoms with Gasteiger partial charge in [0.1, 0.15) is 10.1 Å². The van der Waals surface area contributed by atoms with Crippen molar-refractivity contribution in [2.24, 2.45) is 0 Å². The van der Waals surface area contributed by atoms with Gasteiger partial charge < -0.3 is 19.8 Å². The molecule has 2 aliphatic rings. The van der Waals surface area contributed by atoms with Crippen molar-refractivity contribution in [3.8, 4) is 0 Å². The molecule has 0 aliphatic carbocycles. The summed E-state index contributed by atoms with van der Waals surface area (Å²) >= 11 is 0.725. The molecule has 0 saturated carbocycles. The summed E-state index contributed by atoms with van der Waals surface area (Å²) in [6.45, 7) is 8.37. The Bertz CT molecular complexity index is 2270. The Kier molecular flexibility index (Phi) is 12.6. The number of nitrogens with zero attached hydrogens (tertiary/aromatic N) is 4. The Hall–Kier alpha value is -5.24. The summed E-state index contributed by atoms with van der Waals surface area (Å²) in [5.41, 5.74) is 2.68. The predicted molar refractivity (Wildman–Crippen MR) is 203 cm³/mol. The zero-order chi connectivity index (χ0) is 41.0. The van der Waals surface area contributed by atoms with Gasteiger partial charge in [0, 0.05) is 70.1 Å². The summed E-state index contributed by atoms with van der Waals surface area (Å²) in [5.74, 6) is -0.869. The van der Waals surface area contributed by atoms with Crippen LogP contribution < -0.4 is 10.2 Å². The molecule has 3 aromatic carbocycles. The number of allylic oxidation sites excluding steroid dienone is 6. The SMILES string of the molecule is CC1(C)C(/C=C/C=C/C=C2/N(CCCCCC(=O)O)c3ccc(S(=O)(=O)[O-])cc3C2(C)C)=[N+](Cc2cc([N+](=O)[O-])cc([N+](=O)[O-])c2)c2ccc(SOO[O-])cc21. The number of hydrogen-bond donors (Lipinski definition) is 1. The van der Waals surface area contributed by atoms with Crippen molar-refractivity contribution in [2.45, 2.75) is 80.5 Å². The van der Waals surface area contributed by atoms with Crippen molar-refractivity contribution in [3.05, 3.63) is 128 Å². The Morgan fingerprint density at radius 1 is 0.911 bits per heavy atom. The Morgan fingerprint density at radius 2 is 1.61 bits per heavy atom. The molecule has 56 heavy (non-hydrogen) atoms. The monoisotopic (exact) mass is 807 g/mol. The van der Waals surface area contributed by atoms with Gasteiger partial charge in [0.15, 0.2) is 12.3 Å². The van der Waals surface area contributed by atoms with Crippen LogP contribution >= 0.6 is 12.0 Å². The fraction of sp³-hybridized carbons (Fsp3) is 0.316. The third kappa shape index (κ3) is 9.07. The fourth-order valence-electron chi connectivity index (χ4n) is 7.20. The van der Waals surface area contributed by atoms with Crippen LogP contribution in [0.25, 0.3) is 0 Å². The van der Waals surface area contributed by atoms with Crippen molar-refractivity contribution in [2.75, 3.05) is 11.4 Å². The van der Waals surface area contributed by atoms with Gasteiger partial charge in [0.05, 0.1) is 38.3 Å². The summed E-state index contributed by atoms with van der Waals surface area (Å²) in [5, 5.41) is 46.4. The molecular weight excluding hydrogens is 769 g/mol. The lowest BCUT2D eigenvalue weighted by Gasteiger charge is -2.27. The molecular formula is C38H39N4O12S2-. The van der Waals surface area contributed by atoms with Crippen LogP contribution in [-0.2, 0) is 41.7 Å². The van der Waals surface area contributed by atoms with Crippen molar-refractivity contribution in [3.63, 3.8) is 0 Å². The highest BCUT2D eigenvalue weighted by molar-refractivity contribution is 7.94. The molecule has 5 rings (SSSR count). The van der Waals surface area contributed by atoms with Crippen LogP contribution in [0.15, 0.2) is 100 Å². The topological polar surface area (TPSA) is 229 Å². The molecule has 0 fully saturated rings. The van der Waals surface area contributed by atoms with Gasteiger partial charge in [0.25, 0.3) is 11.4 Å². The summed E-state index contributed by atoms with van der Waals surface area (Å²) in [7, 11) is -4.71. The average molecular weight is 808 g/mol. The van der Waals surface area contributed by atoms with E-state index in [0.29, 0.717) is 41.8 Å². The number of nitro benzene ring substituents is 2. The van der Waals surface area contributed by atoms with E-state index in [4.69, 9.17) is 5.11 Å². The summed E-state index contributed by atoms with van der Waals surface area (Å²) in [6.07, 6.45) is 11.1. The summed E-state index contributed by atoms with van der Waals surface area (Å²) < 4.78 is 42.2. The van der Waals surface area contributed by atoms with Gasteiger partial charge >= 0.3 is 5.97 Å². The lowest BCUT2D eigenvalue weighted by Crippen LogP contribution is -2.27. The van der Waals surface area contributed by atoms with Crippen LogP contribution in [0, 0.1) is 20.2 Å². The first-order valence-corrected chi connectivity index (χ1v) is 19.5. The van der Waals surface area contributed by atoms with Crippen LogP contribution in [0.3, 0.4) is 0 Å². The number of anilines is 1. The molecule has 3 aromatic rings. The number of nitro groups is 2. The first-order chi connectivity index (χ1) is 26.4. The van der Waals surface area contributed by atoms with Gasteiger partial charge in [0.2, 0.25) is 5.69 Å². The number of carbonyl (C=O) groups is 1. The van der Waals surface area contributed by atoms with Crippen LogP contribution in [-0.4, -0.2) is 50.7 Å². The van der Waals surface area contributed by atoms with E-state index in [1.54, 1.807) is 30.4 Å². The maximum atomic E-state index is 11.9. The minimum Gasteiger partial charge on any atom is -0.744 e. The number of carboxylic acid groups (broad SMARTS) is 1. The minimum absolute atomic E-state index is 0.0496. The molecule has 2 aliphatic heterocycles. The number of benzene rings is 3. The molecule has 0 unspecified atom stereocenters. The standard InChI is InChI=1S/C38H40N4O12S2/c1-37(2)30-22-28(55-54-53-49)14-16-33(30)40(24-25-19-26(41(45)46)21-27(20-25)42(47)48)35(37)12-8-5-7-11-34-38(3,4)31-23-29(56(50,51)52)15-17-32(31)39(34)18-10-6-9-13-36(43)44/h5,7-8,11-12,14-17,19-23H,6,9-10,13,18,24H2,1-4H3,(H2-,43,44,49,50,51,52)/p-1. The van der Waals surface area contributed by atoms with Gasteiger partial charge in [-0.05, 0) is 68.7 Å². The molecule has 0 spiro atoms. The Morgan fingerprint density at radius 3 is 2.23 bits per heavy atom. The maximum absolute atomic E-state index is 11.9. The van der Waals surface area contributed by atoms with Crippen LogP contribution in [0.1, 0.15) is 70.1 Å². The lowest BCUT2D eigenvalue weighted by atomic mass is 9.81. The van der Waals surface area contributed by atoms with Crippen LogP contribution in [0.2, 0.25) is 0 Å². The van der Waals surface area contributed by atoms with E-state index in [2.05, 4.69) is 9.37 Å². The normalized spacial score (nSPS) is 16.6. The van der Waals surface area contributed by atoms with E-state index in [-0.39, 0.29) is 17.9 Å². The highest BCUT2D eigenvalue weighted by Crippen LogP contribution is 2.49. The van der Waals surface area contributed by atoms with E-state index in [9.17, 15) is 43.3 Å². The molecule has 2 heterocycles. The highest BCUT2D eigenvalue weighted by Gasteiger charge is 2.45. The van der Waals surface area contributed by atoms with E-state index in [0.717, 1.165) is 46.5 Å². The van der Waals surface area contributed by atoms with Gasteiger partial charge in [-0.2, -0.15) is 8.91 Å². The molecule has 0 bridgehead atoms. The maximum Gasteiger partial charge on any atom is 0.303 e. The molecule has 0 saturated heterocycles. The van der Waals surface area contributed by atoms with Crippen molar-refractivity contribution in [1.29, 1.82) is 0 Å². The van der Waals surface area contributed by atoms with Crippen molar-refractivity contribution in [1.82, 2.24) is 0 Å². The van der Waals surface area contributed by atoms with Gasteiger partial charge in [-0.25, -0.2) is 8.42 Å². The van der Waals surface area contributed by atoms with E-state index in [1.807, 2.05) is 61.5 Å². The number of unbranched alkanes of at least 4 members (excludes halogenated alkanes) is 2. The number of aliphatic carboxylic acids is 1. The fourth-order valence-corrected chi connectivity index (χ4v) is 8.10. The number of fused-ring (bicyclic) bond motifs is 2. The minimum atomic E-state index is -4.71. The zero-order valence-corrected chi connectivity index (χ0v) is 32.5. The van der Waals surface area contributed by atoms with Gasteiger partial charge in [-0.15, -0.1) is 0 Å². The molecule has 0 aromatic heterocycles. The zero-order valence-electron chi connectivity index (χ0n) is 30.9. The third-order valence-corrected chi connectivity index (χ3v) is 11.3. The quantitative estimate of drug-likeness (QED) is 0.0220. The Labute approximate surface area is 327 Å². The smallest absolute Gasteiger partial charge is 0.303 e. The van der Waals surface area contributed by atoms with E-state index >= 15 is 0 Å². The summed E-state index contributed by atoms with van der Waals surface area (Å²) in [6, 6.07) is 13.1. The van der Waals surface area contributed by atoms with Gasteiger partial charge in [-0.1, -0.05) is 38.5 Å². The molecule has 0 radical (unpaired) electrons. The molecule has 1 N–H and O–H groups in total. The molecule has 0 amide bonds. The molecule has 16 nitrogen and oxygen atoms in total. The largest absolute Gasteiger partial charge is 0.744 e. The van der Waals surface area contributed by atoms with E-state index in [1.165, 1.54) is 24.3 Å². The second-order valence-electron chi connectivity index (χ2n) is 14.3. The molecule has 18 heteroatoms. The van der Waals surface area contributed by atoms with Crippen LogP contribution in [0.4, 0.5) is 22.7 Å². The third-order valence-electron chi connectivity index (χ3n) is 9.90. The van der Waals surface area contributed by atoms with Crippen molar-refractivity contribution < 1.29 is 51.9 Å². The van der Waals surface area contributed by atoms with Crippen LogP contribution in [0.5, 0.6) is 0 Å². The number of carboxylic acids is 1. The van der Waals surface area contributed by atoms with E-state index < -0.39 is 48.1 Å². The first kappa shape index (κ1) is 41.9. The second-order valence-corrected chi connectivity index (χ2v) is 16.4. The first-order valence-electron chi connectivity index (χ1n) is 17.4. The summed E-state index contributed by atoms with van der Waals surface area (Å²) in [4.78, 5) is 35.3. The predicted octanol–water partition coefficient (Wildman–Crippen LogP) is 6.65. The second kappa shape index (κ2) is 16.9. The average Bonchev–Trinajstić information content (AvgIpc) is 3.47. The number of rotatable bonds is 17. The lowest BCUT2D eigenvalue weighted by molar-refractivity contribution is -0.777.